The van der Waals surface area contributed by atoms with Gasteiger partial charge < -0.3 is 24.2 Å². The summed E-state index contributed by atoms with van der Waals surface area (Å²) in [6, 6.07) is 8.76. The first kappa shape index (κ1) is 26.9. The zero-order chi connectivity index (χ0) is 25.8. The Hall–Kier alpha value is -2.73. The number of hydrogen-bond donors (Lipinski definition) is 1. The van der Waals surface area contributed by atoms with Crippen molar-refractivity contribution in [3.8, 4) is 11.5 Å². The van der Waals surface area contributed by atoms with E-state index in [2.05, 4.69) is 0 Å². The Morgan fingerprint density at radius 1 is 1.11 bits per heavy atom. The van der Waals surface area contributed by atoms with Crippen LogP contribution in [0.25, 0.3) is 0 Å². The maximum atomic E-state index is 13.3. The number of fused-ring (bicyclic) bond motifs is 1. The number of methoxy groups -OCH3 is 1. The van der Waals surface area contributed by atoms with Gasteiger partial charge in [0.25, 0.3) is 5.91 Å². The lowest BCUT2D eigenvalue weighted by Crippen LogP contribution is -2.47. The number of hydrogen-bond acceptors (Lipinski definition) is 7. The van der Waals surface area contributed by atoms with Gasteiger partial charge in [-0.1, -0.05) is 6.92 Å². The second-order valence-corrected chi connectivity index (χ2v) is 10.5. The molecule has 1 amide bonds. The Bertz CT molecular complexity index is 1130. The van der Waals surface area contributed by atoms with Gasteiger partial charge in [0.15, 0.2) is 11.5 Å². The highest BCUT2D eigenvalue weighted by atomic mass is 32.2. The summed E-state index contributed by atoms with van der Waals surface area (Å²) < 4.78 is 57.3. The Morgan fingerprint density at radius 3 is 2.40 bits per heavy atom. The Balaban J connectivity index is 1.73. The van der Waals surface area contributed by atoms with Gasteiger partial charge >= 0.3 is 0 Å². The molecule has 1 heterocycles. The third-order valence-corrected chi connectivity index (χ3v) is 8.00. The SMILES string of the molecule is CO[C@@H](CN(C)C(=O)c1ccc2c(c1)OCO2)[C@H](C)CN([C@@H](C)CO)S(=O)(=O)c1ccc(F)cc1. The molecule has 192 valence electrons. The number of sulfonamides is 1. The molecule has 0 bridgehead atoms. The van der Waals surface area contributed by atoms with Gasteiger partial charge in [0.05, 0.1) is 17.6 Å². The van der Waals surface area contributed by atoms with E-state index in [1.165, 1.54) is 28.4 Å². The van der Waals surface area contributed by atoms with Crippen molar-refractivity contribution in [3.63, 3.8) is 0 Å². The number of amides is 1. The first-order valence-electron chi connectivity index (χ1n) is 11.1. The van der Waals surface area contributed by atoms with E-state index in [4.69, 9.17) is 14.2 Å². The molecule has 0 aliphatic carbocycles. The van der Waals surface area contributed by atoms with E-state index in [1.807, 2.05) is 6.92 Å². The number of benzene rings is 2. The van der Waals surface area contributed by atoms with Crippen LogP contribution >= 0.6 is 0 Å². The van der Waals surface area contributed by atoms with E-state index in [9.17, 15) is 22.7 Å². The van der Waals surface area contributed by atoms with Crippen molar-refractivity contribution >= 4 is 15.9 Å². The van der Waals surface area contributed by atoms with Crippen molar-refractivity contribution < 1.29 is 36.9 Å². The average Bonchev–Trinajstić information content (AvgIpc) is 3.32. The standard InChI is InChI=1S/C24H31FN2O7S/c1-16(12-27(17(2)14-28)35(30,31)20-8-6-19(25)7-9-20)23(32-4)13-26(3)24(29)18-5-10-21-22(11-18)34-15-33-21/h5-11,16-17,23,28H,12-15H2,1-4H3/t16-,17+,23+/m1/s1. The second kappa shape index (κ2) is 11.3. The number of nitrogens with zero attached hydrogens (tertiary/aromatic N) is 2. The normalized spacial score (nSPS) is 15.6. The molecule has 9 nitrogen and oxygen atoms in total. The van der Waals surface area contributed by atoms with Gasteiger partial charge in [-0.25, -0.2) is 12.8 Å². The van der Waals surface area contributed by atoms with Gasteiger partial charge in [-0.3, -0.25) is 4.79 Å². The summed E-state index contributed by atoms with van der Waals surface area (Å²) in [7, 11) is -0.886. The van der Waals surface area contributed by atoms with Crippen molar-refractivity contribution in [1.29, 1.82) is 0 Å². The smallest absolute Gasteiger partial charge is 0.253 e. The van der Waals surface area contributed by atoms with Crippen LogP contribution in [-0.4, -0.2) is 81.4 Å². The van der Waals surface area contributed by atoms with E-state index in [1.54, 1.807) is 32.2 Å². The molecule has 1 N–H and O–H groups in total. The molecule has 0 fully saturated rings. The minimum absolute atomic E-state index is 0.0198. The zero-order valence-electron chi connectivity index (χ0n) is 20.2. The number of likely N-dealkylation sites (N-methyl/N-ethyl adjacent to an activating group) is 1. The highest BCUT2D eigenvalue weighted by Gasteiger charge is 2.33. The fourth-order valence-electron chi connectivity index (χ4n) is 3.84. The van der Waals surface area contributed by atoms with Gasteiger partial charge in [-0.05, 0) is 55.3 Å². The minimum atomic E-state index is -4.01. The monoisotopic (exact) mass is 510 g/mol. The van der Waals surface area contributed by atoms with Crippen molar-refractivity contribution in [3.05, 3.63) is 53.8 Å². The van der Waals surface area contributed by atoms with Gasteiger partial charge in [-0.15, -0.1) is 0 Å². The Labute approximate surface area is 205 Å². The van der Waals surface area contributed by atoms with Crippen LogP contribution in [0.1, 0.15) is 24.2 Å². The first-order valence-corrected chi connectivity index (χ1v) is 12.6. The number of aliphatic hydroxyl groups excluding tert-OH is 1. The number of aliphatic hydroxyl groups is 1. The minimum Gasteiger partial charge on any atom is -0.454 e. The molecule has 11 heteroatoms. The first-order chi connectivity index (χ1) is 16.6. The summed E-state index contributed by atoms with van der Waals surface area (Å²) >= 11 is 0. The molecule has 1 aliphatic heterocycles. The third kappa shape index (κ3) is 6.10. The van der Waals surface area contributed by atoms with Crippen molar-refractivity contribution in [2.24, 2.45) is 5.92 Å². The lowest BCUT2D eigenvalue weighted by Gasteiger charge is -2.33. The van der Waals surface area contributed by atoms with Crippen LogP contribution in [0.5, 0.6) is 11.5 Å². The number of ether oxygens (including phenoxy) is 3. The highest BCUT2D eigenvalue weighted by Crippen LogP contribution is 2.33. The molecule has 1 aliphatic rings. The van der Waals surface area contributed by atoms with E-state index in [0.29, 0.717) is 17.1 Å². The number of carbonyl (C=O) groups is 1. The Morgan fingerprint density at radius 2 is 1.77 bits per heavy atom. The van der Waals surface area contributed by atoms with E-state index >= 15 is 0 Å². The van der Waals surface area contributed by atoms with Crippen molar-refractivity contribution in [1.82, 2.24) is 9.21 Å². The molecule has 0 radical (unpaired) electrons. The van der Waals surface area contributed by atoms with Gasteiger partial charge in [0, 0.05) is 38.9 Å². The highest BCUT2D eigenvalue weighted by molar-refractivity contribution is 7.89. The van der Waals surface area contributed by atoms with Crippen molar-refractivity contribution in [2.75, 3.05) is 40.6 Å². The predicted octanol–water partition coefficient (Wildman–Crippen LogP) is 2.35. The van der Waals surface area contributed by atoms with Crippen LogP contribution in [0.3, 0.4) is 0 Å². The molecule has 0 aromatic heterocycles. The molecule has 0 saturated carbocycles. The molecule has 3 atom stereocenters. The van der Waals surface area contributed by atoms with E-state index in [0.717, 1.165) is 12.1 Å². The molecule has 0 unspecified atom stereocenters. The second-order valence-electron chi connectivity index (χ2n) is 8.57. The van der Waals surface area contributed by atoms with Crippen LogP contribution < -0.4 is 9.47 Å². The summed E-state index contributed by atoms with van der Waals surface area (Å²) in [6.07, 6.45) is -0.505. The lowest BCUT2D eigenvalue weighted by molar-refractivity contribution is 0.0221. The quantitative estimate of drug-likeness (QED) is 0.495. The number of carbonyl (C=O) groups excluding carboxylic acids is 1. The van der Waals surface area contributed by atoms with Crippen LogP contribution in [0.4, 0.5) is 4.39 Å². The lowest BCUT2D eigenvalue weighted by atomic mass is 10.0. The summed E-state index contributed by atoms with van der Waals surface area (Å²) in [6.45, 7) is 3.33. The average molecular weight is 511 g/mol. The van der Waals surface area contributed by atoms with Gasteiger partial charge in [0.1, 0.15) is 5.82 Å². The molecular weight excluding hydrogens is 479 g/mol. The summed E-state index contributed by atoms with van der Waals surface area (Å²) in [5, 5.41) is 9.71. The number of rotatable bonds is 11. The van der Waals surface area contributed by atoms with E-state index < -0.39 is 34.6 Å². The fourth-order valence-corrected chi connectivity index (χ4v) is 5.56. The van der Waals surface area contributed by atoms with Gasteiger partial charge in [-0.2, -0.15) is 4.31 Å². The summed E-state index contributed by atoms with van der Waals surface area (Å²) in [4.78, 5) is 14.4. The largest absolute Gasteiger partial charge is 0.454 e. The molecule has 2 aromatic carbocycles. The number of halogens is 1. The Kier molecular flexibility index (Phi) is 8.70. The van der Waals surface area contributed by atoms with E-state index in [-0.39, 0.29) is 36.6 Å². The summed E-state index contributed by atoms with van der Waals surface area (Å²) in [5.41, 5.74) is 0.425. The predicted molar refractivity (Wildman–Crippen MR) is 126 cm³/mol. The topological polar surface area (TPSA) is 106 Å². The third-order valence-electron chi connectivity index (χ3n) is 6.00. The van der Waals surface area contributed by atoms with Crippen LogP contribution in [0.2, 0.25) is 0 Å². The van der Waals surface area contributed by atoms with Crippen LogP contribution in [0, 0.1) is 11.7 Å². The zero-order valence-corrected chi connectivity index (χ0v) is 21.0. The summed E-state index contributed by atoms with van der Waals surface area (Å²) in [5.74, 6) is -0.0735. The molecule has 35 heavy (non-hydrogen) atoms. The molecule has 2 aromatic rings. The molecule has 0 saturated heterocycles. The van der Waals surface area contributed by atoms with Gasteiger partial charge in [0.2, 0.25) is 16.8 Å². The van der Waals surface area contributed by atoms with Crippen LogP contribution in [-0.2, 0) is 14.8 Å². The molecular formula is C24H31FN2O7S. The molecule has 0 spiro atoms. The van der Waals surface area contributed by atoms with Crippen molar-refractivity contribution in [2.45, 2.75) is 30.9 Å². The fraction of sp³-hybridized carbons (Fsp3) is 0.458. The maximum absolute atomic E-state index is 13.3. The molecule has 3 rings (SSSR count). The maximum Gasteiger partial charge on any atom is 0.253 e. The van der Waals surface area contributed by atoms with Crippen LogP contribution in [0.15, 0.2) is 47.4 Å².